The second kappa shape index (κ2) is 11.0. The average Bonchev–Trinajstić information content (AvgIpc) is 2.99. The molecule has 128 valence electrons. The molecule has 1 atom stereocenters. The number of benzene rings is 1. The zero-order chi connectivity index (χ0) is 15.1. The molecule has 0 aliphatic heterocycles. The fourth-order valence-electron chi connectivity index (χ4n) is 2.03. The van der Waals surface area contributed by atoms with Gasteiger partial charge >= 0.3 is 0 Å². The molecular weight excluding hydrogens is 337 g/mol. The predicted octanol–water partition coefficient (Wildman–Crippen LogP) is 1.91. The van der Waals surface area contributed by atoms with Crippen LogP contribution in [0.3, 0.4) is 0 Å². The van der Waals surface area contributed by atoms with Crippen LogP contribution in [0.5, 0.6) is 0 Å². The number of nitrogens with two attached hydrogens (primary N) is 1. The first-order chi connectivity index (χ1) is 10.2. The lowest BCUT2D eigenvalue weighted by Crippen LogP contribution is -2.40. The summed E-state index contributed by atoms with van der Waals surface area (Å²) in [5, 5.41) is 6.92. The Bertz CT molecular complexity index is 560. The highest BCUT2D eigenvalue weighted by Gasteiger charge is 2.11. The summed E-state index contributed by atoms with van der Waals surface area (Å²) in [7, 11) is 0. The third-order valence-electron chi connectivity index (χ3n) is 3.24. The summed E-state index contributed by atoms with van der Waals surface area (Å²) >= 11 is 0. The van der Waals surface area contributed by atoms with E-state index in [-0.39, 0.29) is 30.7 Å². The number of aromatic nitrogens is 3. The van der Waals surface area contributed by atoms with E-state index >= 15 is 0 Å². The third-order valence-corrected chi connectivity index (χ3v) is 3.24. The quantitative estimate of drug-likeness (QED) is 0.790. The van der Waals surface area contributed by atoms with Gasteiger partial charge in [0.25, 0.3) is 0 Å². The Morgan fingerprint density at radius 2 is 1.91 bits per heavy atom. The van der Waals surface area contributed by atoms with E-state index in [0.717, 1.165) is 17.5 Å². The first kappa shape index (κ1) is 21.4. The molecule has 2 aromatic rings. The van der Waals surface area contributed by atoms with Crippen molar-refractivity contribution in [2.75, 3.05) is 0 Å². The highest BCUT2D eigenvalue weighted by atomic mass is 35.5. The van der Waals surface area contributed by atoms with E-state index in [0.29, 0.717) is 19.5 Å². The van der Waals surface area contributed by atoms with Gasteiger partial charge in [0.15, 0.2) is 0 Å². The van der Waals surface area contributed by atoms with Gasteiger partial charge in [-0.05, 0) is 17.5 Å². The fourth-order valence-corrected chi connectivity index (χ4v) is 2.03. The van der Waals surface area contributed by atoms with Crippen LogP contribution in [0.15, 0.2) is 36.9 Å². The Labute approximate surface area is 148 Å². The summed E-state index contributed by atoms with van der Waals surface area (Å²) in [6.45, 7) is 3.20. The number of nitrogens with zero attached hydrogens (tertiary/aromatic N) is 3. The average molecular weight is 360 g/mol. The van der Waals surface area contributed by atoms with Crippen LogP contribution in [0.25, 0.3) is 0 Å². The molecule has 1 amide bonds. The van der Waals surface area contributed by atoms with Crippen molar-refractivity contribution >= 4 is 30.7 Å². The smallest absolute Gasteiger partial charge is 0.237 e. The van der Waals surface area contributed by atoms with E-state index in [1.807, 2.05) is 31.2 Å². The fraction of sp³-hybridized carbons (Fsp3) is 0.400. The lowest BCUT2D eigenvalue weighted by atomic mass is 10.1. The van der Waals surface area contributed by atoms with Crippen molar-refractivity contribution < 1.29 is 4.79 Å². The van der Waals surface area contributed by atoms with Gasteiger partial charge in [-0.1, -0.05) is 37.6 Å². The maximum Gasteiger partial charge on any atom is 0.237 e. The third kappa shape index (κ3) is 6.99. The molecule has 0 fully saturated rings. The van der Waals surface area contributed by atoms with Gasteiger partial charge in [-0.3, -0.25) is 4.79 Å². The zero-order valence-electron chi connectivity index (χ0n) is 13.0. The van der Waals surface area contributed by atoms with Crippen LogP contribution in [0.2, 0.25) is 0 Å². The Hall–Kier alpha value is -1.63. The van der Waals surface area contributed by atoms with Crippen LogP contribution in [-0.4, -0.2) is 26.7 Å². The first-order valence-electron chi connectivity index (χ1n) is 7.12. The molecule has 0 radical (unpaired) electrons. The van der Waals surface area contributed by atoms with E-state index in [9.17, 15) is 4.79 Å². The lowest BCUT2D eigenvalue weighted by Gasteiger charge is -2.11. The van der Waals surface area contributed by atoms with Crippen LogP contribution in [0.1, 0.15) is 30.9 Å². The predicted molar refractivity (Wildman–Crippen MR) is 94.8 cm³/mol. The molecule has 1 aromatic carbocycles. The van der Waals surface area contributed by atoms with Crippen molar-refractivity contribution in [3.8, 4) is 0 Å². The molecule has 2 rings (SSSR count). The minimum Gasteiger partial charge on any atom is -0.351 e. The summed E-state index contributed by atoms with van der Waals surface area (Å²) in [6, 6.07) is 7.63. The van der Waals surface area contributed by atoms with E-state index in [1.54, 1.807) is 11.0 Å². The SMILES string of the molecule is CCCC(N)C(=O)NCc1ccc(Cn2cncn2)cc1.Cl.Cl. The van der Waals surface area contributed by atoms with Gasteiger partial charge in [-0.2, -0.15) is 5.10 Å². The molecule has 1 aromatic heterocycles. The summed E-state index contributed by atoms with van der Waals surface area (Å²) < 4.78 is 1.76. The molecule has 0 saturated carbocycles. The summed E-state index contributed by atoms with van der Waals surface area (Å²) in [4.78, 5) is 15.6. The number of nitrogens with one attached hydrogen (secondary N) is 1. The largest absolute Gasteiger partial charge is 0.351 e. The van der Waals surface area contributed by atoms with Crippen molar-refractivity contribution in [2.24, 2.45) is 5.73 Å². The van der Waals surface area contributed by atoms with Crippen molar-refractivity contribution in [3.63, 3.8) is 0 Å². The first-order valence-corrected chi connectivity index (χ1v) is 7.12. The van der Waals surface area contributed by atoms with Crippen LogP contribution in [0.4, 0.5) is 0 Å². The van der Waals surface area contributed by atoms with Gasteiger partial charge in [0, 0.05) is 6.54 Å². The van der Waals surface area contributed by atoms with Crippen molar-refractivity contribution in [1.82, 2.24) is 20.1 Å². The number of amides is 1. The number of hydrogen-bond donors (Lipinski definition) is 2. The minimum atomic E-state index is -0.415. The Morgan fingerprint density at radius 1 is 1.26 bits per heavy atom. The molecule has 6 nitrogen and oxygen atoms in total. The molecule has 0 spiro atoms. The lowest BCUT2D eigenvalue weighted by molar-refractivity contribution is -0.122. The molecule has 0 aliphatic carbocycles. The molecule has 1 unspecified atom stereocenters. The normalized spacial score (nSPS) is 11.0. The highest BCUT2D eigenvalue weighted by Crippen LogP contribution is 2.06. The van der Waals surface area contributed by atoms with Crippen molar-refractivity contribution in [2.45, 2.75) is 38.9 Å². The van der Waals surface area contributed by atoms with E-state index in [1.165, 1.54) is 6.33 Å². The van der Waals surface area contributed by atoms with Gasteiger partial charge in [0.05, 0.1) is 12.6 Å². The Kier molecular flexibility index (Phi) is 10.2. The highest BCUT2D eigenvalue weighted by molar-refractivity contribution is 5.85. The van der Waals surface area contributed by atoms with E-state index in [2.05, 4.69) is 15.4 Å². The Morgan fingerprint density at radius 3 is 2.48 bits per heavy atom. The summed E-state index contributed by atoms with van der Waals surface area (Å²) in [5.74, 6) is -0.0939. The Balaban J connectivity index is 0.00000242. The topological polar surface area (TPSA) is 85.8 Å². The van der Waals surface area contributed by atoms with Crippen LogP contribution in [-0.2, 0) is 17.9 Å². The van der Waals surface area contributed by atoms with Gasteiger partial charge in [0.2, 0.25) is 5.91 Å². The second-order valence-corrected chi connectivity index (χ2v) is 5.02. The standard InChI is InChI=1S/C15H21N5O.2ClH/c1-2-3-14(16)15(21)18-8-12-4-6-13(7-5-12)9-20-11-17-10-19-20;;/h4-7,10-11,14H,2-3,8-9,16H2,1H3,(H,18,21);2*1H. The summed E-state index contributed by atoms with van der Waals surface area (Å²) in [5.41, 5.74) is 7.95. The minimum absolute atomic E-state index is 0. The molecular formula is C15H23Cl2N5O. The van der Waals surface area contributed by atoms with Crippen molar-refractivity contribution in [3.05, 3.63) is 48.0 Å². The zero-order valence-corrected chi connectivity index (χ0v) is 14.6. The van der Waals surface area contributed by atoms with Gasteiger partial charge in [0.1, 0.15) is 12.7 Å². The van der Waals surface area contributed by atoms with Gasteiger partial charge in [-0.15, -0.1) is 24.8 Å². The number of hydrogen-bond acceptors (Lipinski definition) is 4. The van der Waals surface area contributed by atoms with Gasteiger partial charge < -0.3 is 11.1 Å². The van der Waals surface area contributed by atoms with Gasteiger partial charge in [-0.25, -0.2) is 9.67 Å². The van der Waals surface area contributed by atoms with E-state index in [4.69, 9.17) is 5.73 Å². The molecule has 0 bridgehead atoms. The molecule has 0 aliphatic rings. The van der Waals surface area contributed by atoms with Crippen LogP contribution in [0, 0.1) is 0 Å². The molecule has 1 heterocycles. The monoisotopic (exact) mass is 359 g/mol. The van der Waals surface area contributed by atoms with E-state index < -0.39 is 6.04 Å². The maximum atomic E-state index is 11.7. The number of carbonyl (C=O) groups excluding carboxylic acids is 1. The second-order valence-electron chi connectivity index (χ2n) is 5.02. The molecule has 0 saturated heterocycles. The maximum absolute atomic E-state index is 11.7. The number of rotatable bonds is 7. The van der Waals surface area contributed by atoms with Crippen molar-refractivity contribution in [1.29, 1.82) is 0 Å². The molecule has 23 heavy (non-hydrogen) atoms. The van der Waals surface area contributed by atoms with Crippen LogP contribution >= 0.6 is 24.8 Å². The number of carbonyl (C=O) groups is 1. The molecule has 8 heteroatoms. The summed E-state index contributed by atoms with van der Waals surface area (Å²) in [6.07, 6.45) is 4.82. The molecule has 3 N–H and O–H groups in total. The van der Waals surface area contributed by atoms with Crippen LogP contribution < -0.4 is 11.1 Å². The number of halogens is 2.